The number of nitro groups is 1. The number of aryl methyl sites for hydroxylation is 1. The van der Waals surface area contributed by atoms with Crippen molar-refractivity contribution >= 4 is 17.3 Å². The van der Waals surface area contributed by atoms with Gasteiger partial charge in [-0.2, -0.15) is 13.2 Å². The maximum absolute atomic E-state index is 12.4. The first-order valence-electron chi connectivity index (χ1n) is 3.75. The highest BCUT2D eigenvalue weighted by molar-refractivity contribution is 6.31. The van der Waals surface area contributed by atoms with Gasteiger partial charge in [0, 0.05) is 11.1 Å². The zero-order chi connectivity index (χ0) is 11.8. The molecule has 0 fully saturated rings. The largest absolute Gasteiger partial charge is 0.423 e. The monoisotopic (exact) mass is 239 g/mol. The summed E-state index contributed by atoms with van der Waals surface area (Å²) in [6.45, 7) is 1.40. The van der Waals surface area contributed by atoms with Crippen LogP contribution >= 0.6 is 11.6 Å². The Bertz CT molecular complexity index is 417. The van der Waals surface area contributed by atoms with E-state index in [4.69, 9.17) is 11.6 Å². The first kappa shape index (κ1) is 11.8. The van der Waals surface area contributed by atoms with E-state index in [1.54, 1.807) is 0 Å². The number of benzene rings is 1. The SMILES string of the molecule is Cc1cc([N+](=O)[O-])c(C(F)(F)F)cc1Cl. The average molecular weight is 240 g/mol. The third-order valence-electron chi connectivity index (χ3n) is 1.78. The number of nitrogens with zero attached hydrogens (tertiary/aromatic N) is 1. The molecule has 0 amide bonds. The number of alkyl halides is 3. The van der Waals surface area contributed by atoms with Crippen LogP contribution in [0, 0.1) is 17.0 Å². The van der Waals surface area contributed by atoms with Gasteiger partial charge in [-0.3, -0.25) is 10.1 Å². The van der Waals surface area contributed by atoms with Gasteiger partial charge in [-0.05, 0) is 18.6 Å². The molecule has 0 aliphatic heterocycles. The van der Waals surface area contributed by atoms with E-state index in [-0.39, 0.29) is 10.6 Å². The number of hydrogen-bond donors (Lipinski definition) is 0. The zero-order valence-corrected chi connectivity index (χ0v) is 8.19. The first-order chi connectivity index (χ1) is 6.73. The molecule has 15 heavy (non-hydrogen) atoms. The molecule has 0 radical (unpaired) electrons. The van der Waals surface area contributed by atoms with Gasteiger partial charge in [-0.25, -0.2) is 0 Å². The van der Waals surface area contributed by atoms with Crippen molar-refractivity contribution in [3.05, 3.63) is 38.4 Å². The maximum Gasteiger partial charge on any atom is 0.423 e. The topological polar surface area (TPSA) is 43.1 Å². The van der Waals surface area contributed by atoms with Gasteiger partial charge in [-0.15, -0.1) is 0 Å². The summed E-state index contributed by atoms with van der Waals surface area (Å²) in [6, 6.07) is 1.38. The molecule has 0 bridgehead atoms. The van der Waals surface area contributed by atoms with Crippen molar-refractivity contribution in [2.75, 3.05) is 0 Å². The van der Waals surface area contributed by atoms with Crippen molar-refractivity contribution in [1.82, 2.24) is 0 Å². The van der Waals surface area contributed by atoms with Gasteiger partial charge >= 0.3 is 6.18 Å². The molecule has 1 aromatic rings. The van der Waals surface area contributed by atoms with Crippen LogP contribution < -0.4 is 0 Å². The molecule has 0 aliphatic rings. The van der Waals surface area contributed by atoms with Gasteiger partial charge in [0.2, 0.25) is 0 Å². The van der Waals surface area contributed by atoms with E-state index in [0.29, 0.717) is 6.07 Å². The van der Waals surface area contributed by atoms with Crippen LogP contribution in [0.3, 0.4) is 0 Å². The Hall–Kier alpha value is -1.30. The standard InChI is InChI=1S/C8H5ClF3NO2/c1-4-2-7(13(14)15)5(3-6(4)9)8(10,11)12/h2-3H,1H3. The molecule has 0 N–H and O–H groups in total. The fourth-order valence-corrected chi connectivity index (χ4v) is 1.21. The minimum atomic E-state index is -4.78. The summed E-state index contributed by atoms with van der Waals surface area (Å²) in [7, 11) is 0. The molecule has 7 heteroatoms. The summed E-state index contributed by atoms with van der Waals surface area (Å²) >= 11 is 5.47. The molecule has 82 valence electrons. The van der Waals surface area contributed by atoms with Gasteiger partial charge in [0.1, 0.15) is 5.56 Å². The van der Waals surface area contributed by atoms with Crippen LogP contribution in [0.15, 0.2) is 12.1 Å². The van der Waals surface area contributed by atoms with Crippen LogP contribution in [0.5, 0.6) is 0 Å². The van der Waals surface area contributed by atoms with Crippen LogP contribution in [0.4, 0.5) is 18.9 Å². The zero-order valence-electron chi connectivity index (χ0n) is 7.43. The summed E-state index contributed by atoms with van der Waals surface area (Å²) in [5.41, 5.74) is -2.08. The van der Waals surface area contributed by atoms with Crippen molar-refractivity contribution in [2.45, 2.75) is 13.1 Å². The van der Waals surface area contributed by atoms with Gasteiger partial charge in [0.05, 0.1) is 4.92 Å². The lowest BCUT2D eigenvalue weighted by Crippen LogP contribution is -2.09. The van der Waals surface area contributed by atoms with E-state index in [2.05, 4.69) is 0 Å². The lowest BCUT2D eigenvalue weighted by molar-refractivity contribution is -0.388. The quantitative estimate of drug-likeness (QED) is 0.555. The van der Waals surface area contributed by atoms with Crippen LogP contribution in [0.1, 0.15) is 11.1 Å². The minimum absolute atomic E-state index is 0.145. The molecular formula is C8H5ClF3NO2. The summed E-state index contributed by atoms with van der Waals surface area (Å²) in [5.74, 6) is 0. The van der Waals surface area contributed by atoms with Crippen LogP contribution in [-0.2, 0) is 6.18 Å². The lowest BCUT2D eigenvalue weighted by Gasteiger charge is -2.08. The first-order valence-corrected chi connectivity index (χ1v) is 4.13. The summed E-state index contributed by atoms with van der Waals surface area (Å²) < 4.78 is 37.1. The van der Waals surface area contributed by atoms with Crippen LogP contribution in [0.25, 0.3) is 0 Å². The van der Waals surface area contributed by atoms with Gasteiger partial charge in [0.25, 0.3) is 5.69 Å². The smallest absolute Gasteiger partial charge is 0.258 e. The normalized spacial score (nSPS) is 11.5. The molecule has 0 atom stereocenters. The fourth-order valence-electron chi connectivity index (χ4n) is 1.04. The summed E-state index contributed by atoms with van der Waals surface area (Å²) in [6.07, 6.45) is -4.78. The summed E-state index contributed by atoms with van der Waals surface area (Å²) in [4.78, 5) is 9.32. The second-order valence-electron chi connectivity index (χ2n) is 2.87. The van der Waals surface area contributed by atoms with E-state index in [0.717, 1.165) is 6.07 Å². The lowest BCUT2D eigenvalue weighted by atomic mass is 10.1. The number of halogens is 4. The number of hydrogen-bond acceptors (Lipinski definition) is 2. The Morgan fingerprint density at radius 3 is 2.33 bits per heavy atom. The Balaban J connectivity index is 3.49. The molecule has 0 spiro atoms. The third-order valence-corrected chi connectivity index (χ3v) is 2.19. The molecule has 0 heterocycles. The number of nitro benzene ring substituents is 1. The predicted molar refractivity (Wildman–Crippen MR) is 47.8 cm³/mol. The second-order valence-corrected chi connectivity index (χ2v) is 3.28. The molecule has 1 rings (SSSR count). The third kappa shape index (κ3) is 2.38. The predicted octanol–water partition coefficient (Wildman–Crippen LogP) is 3.58. The van der Waals surface area contributed by atoms with Crippen molar-refractivity contribution in [3.8, 4) is 0 Å². The van der Waals surface area contributed by atoms with Crippen molar-refractivity contribution in [2.24, 2.45) is 0 Å². The fraction of sp³-hybridized carbons (Fsp3) is 0.250. The van der Waals surface area contributed by atoms with E-state index in [9.17, 15) is 23.3 Å². The Kier molecular flexibility index (Phi) is 2.90. The Labute approximate surface area is 87.6 Å². The highest BCUT2D eigenvalue weighted by Crippen LogP contribution is 2.38. The highest BCUT2D eigenvalue weighted by Gasteiger charge is 2.38. The second kappa shape index (κ2) is 3.69. The van der Waals surface area contributed by atoms with Crippen molar-refractivity contribution in [1.29, 1.82) is 0 Å². The van der Waals surface area contributed by atoms with Crippen molar-refractivity contribution in [3.63, 3.8) is 0 Å². The maximum atomic E-state index is 12.4. The van der Waals surface area contributed by atoms with Crippen LogP contribution in [-0.4, -0.2) is 4.92 Å². The highest BCUT2D eigenvalue weighted by atomic mass is 35.5. The number of rotatable bonds is 1. The molecule has 3 nitrogen and oxygen atoms in total. The molecular weight excluding hydrogens is 235 g/mol. The molecule has 0 aliphatic carbocycles. The van der Waals surface area contributed by atoms with Gasteiger partial charge < -0.3 is 0 Å². The van der Waals surface area contributed by atoms with E-state index in [1.807, 2.05) is 0 Å². The van der Waals surface area contributed by atoms with E-state index in [1.165, 1.54) is 6.92 Å². The van der Waals surface area contributed by atoms with Crippen LogP contribution in [0.2, 0.25) is 5.02 Å². The molecule has 0 aromatic heterocycles. The van der Waals surface area contributed by atoms with E-state index < -0.39 is 22.4 Å². The Morgan fingerprint density at radius 2 is 1.93 bits per heavy atom. The summed E-state index contributed by atoms with van der Waals surface area (Å²) in [5, 5.41) is 10.2. The minimum Gasteiger partial charge on any atom is -0.258 e. The van der Waals surface area contributed by atoms with E-state index >= 15 is 0 Å². The Morgan fingerprint density at radius 1 is 1.40 bits per heavy atom. The molecule has 1 aromatic carbocycles. The van der Waals surface area contributed by atoms with Gasteiger partial charge in [0.15, 0.2) is 0 Å². The van der Waals surface area contributed by atoms with Gasteiger partial charge in [-0.1, -0.05) is 11.6 Å². The molecule has 0 saturated carbocycles. The molecule has 0 saturated heterocycles. The van der Waals surface area contributed by atoms with Crippen molar-refractivity contribution < 1.29 is 18.1 Å². The molecule has 0 unspecified atom stereocenters. The average Bonchev–Trinajstić information content (AvgIpc) is 2.06.